The molecule has 1 saturated heterocycles. The van der Waals surface area contributed by atoms with E-state index < -0.39 is 0 Å². The van der Waals surface area contributed by atoms with Crippen LogP contribution in [0.25, 0.3) is 0 Å². The van der Waals surface area contributed by atoms with Crippen molar-refractivity contribution in [2.45, 2.75) is 12.5 Å². The molecule has 0 bridgehead atoms. The Bertz CT molecular complexity index is 759. The maximum absolute atomic E-state index is 12.7. The lowest BCUT2D eigenvalue weighted by molar-refractivity contribution is -0.163. The third-order valence-electron chi connectivity index (χ3n) is 3.62. The largest absolute Gasteiger partial charge is 0.371 e. The van der Waals surface area contributed by atoms with Gasteiger partial charge in [0.25, 0.3) is 5.91 Å². The van der Waals surface area contributed by atoms with Gasteiger partial charge in [0.1, 0.15) is 12.7 Å². The molecule has 25 heavy (non-hydrogen) atoms. The molecule has 1 atom stereocenters. The number of nitrogens with zero attached hydrogens (tertiary/aromatic N) is 1. The summed E-state index contributed by atoms with van der Waals surface area (Å²) in [4.78, 5) is 18.3. The van der Waals surface area contributed by atoms with Crippen LogP contribution in [0.5, 0.6) is 0 Å². The number of nitrogens with one attached hydrogen (secondary N) is 1. The number of amidine groups is 1. The maximum atomic E-state index is 12.7. The SMILES string of the molecule is N=C(c1c(Cl)cccc1Cl)N(OCC1CO1)C(=O)Cc1ccccc1. The van der Waals surface area contributed by atoms with E-state index in [2.05, 4.69) is 0 Å². The van der Waals surface area contributed by atoms with Crippen LogP contribution in [0.3, 0.4) is 0 Å². The summed E-state index contributed by atoms with van der Waals surface area (Å²) in [5.74, 6) is -0.579. The number of hydrogen-bond acceptors (Lipinski definition) is 4. The predicted octanol–water partition coefficient (Wildman–Crippen LogP) is 3.72. The van der Waals surface area contributed by atoms with E-state index in [1.54, 1.807) is 18.2 Å². The molecule has 0 aromatic heterocycles. The van der Waals surface area contributed by atoms with Gasteiger partial charge in [0, 0.05) is 0 Å². The first-order valence-corrected chi connectivity index (χ1v) is 8.46. The highest BCUT2D eigenvalue weighted by Gasteiger charge is 2.29. The van der Waals surface area contributed by atoms with Gasteiger partial charge in [-0.05, 0) is 17.7 Å². The Hall–Kier alpha value is -1.92. The zero-order valence-electron chi connectivity index (χ0n) is 13.2. The molecule has 2 aromatic rings. The normalized spacial score (nSPS) is 15.7. The van der Waals surface area contributed by atoms with Crippen molar-refractivity contribution in [1.29, 1.82) is 5.41 Å². The Labute approximate surface area is 155 Å². The Balaban J connectivity index is 1.82. The van der Waals surface area contributed by atoms with Gasteiger partial charge in [0.15, 0.2) is 5.84 Å². The van der Waals surface area contributed by atoms with Crippen molar-refractivity contribution in [3.8, 4) is 0 Å². The average Bonchev–Trinajstić information content (AvgIpc) is 3.40. The second-order valence-corrected chi connectivity index (χ2v) is 6.36. The zero-order valence-corrected chi connectivity index (χ0v) is 14.8. The van der Waals surface area contributed by atoms with E-state index >= 15 is 0 Å². The van der Waals surface area contributed by atoms with Gasteiger partial charge in [-0.15, -0.1) is 0 Å². The van der Waals surface area contributed by atoms with Crippen molar-refractivity contribution in [2.24, 2.45) is 0 Å². The van der Waals surface area contributed by atoms with Crippen LogP contribution in [-0.4, -0.2) is 36.1 Å². The number of carbonyl (C=O) groups is 1. The number of benzene rings is 2. The summed E-state index contributed by atoms with van der Waals surface area (Å²) in [6, 6.07) is 14.2. The van der Waals surface area contributed by atoms with E-state index in [0.29, 0.717) is 6.61 Å². The van der Waals surface area contributed by atoms with Crippen LogP contribution in [-0.2, 0) is 20.8 Å². The smallest absolute Gasteiger partial charge is 0.256 e. The lowest BCUT2D eigenvalue weighted by Crippen LogP contribution is -2.39. The second-order valence-electron chi connectivity index (χ2n) is 5.55. The molecule has 0 radical (unpaired) electrons. The fourth-order valence-electron chi connectivity index (χ4n) is 2.25. The van der Waals surface area contributed by atoms with Gasteiger partial charge >= 0.3 is 0 Å². The van der Waals surface area contributed by atoms with Crippen molar-refractivity contribution in [1.82, 2.24) is 5.06 Å². The second kappa shape index (κ2) is 7.97. The number of amides is 1. The van der Waals surface area contributed by atoms with E-state index in [9.17, 15) is 4.79 Å². The molecular formula is C18H16Cl2N2O3. The molecule has 0 aliphatic carbocycles. The summed E-state index contributed by atoms with van der Waals surface area (Å²) in [6.07, 6.45) is 0.0399. The van der Waals surface area contributed by atoms with Gasteiger partial charge in [-0.1, -0.05) is 59.6 Å². The van der Waals surface area contributed by atoms with Crippen molar-refractivity contribution < 1.29 is 14.4 Å². The molecule has 1 fully saturated rings. The van der Waals surface area contributed by atoms with Crippen molar-refractivity contribution in [2.75, 3.05) is 13.2 Å². The van der Waals surface area contributed by atoms with Gasteiger partial charge < -0.3 is 4.74 Å². The first-order valence-electron chi connectivity index (χ1n) is 7.70. The fourth-order valence-corrected chi connectivity index (χ4v) is 2.83. The summed E-state index contributed by atoms with van der Waals surface area (Å²) >= 11 is 12.3. The minimum absolute atomic E-state index is 0.0541. The Morgan fingerprint density at radius 2 is 1.80 bits per heavy atom. The van der Waals surface area contributed by atoms with Crippen LogP contribution in [0.4, 0.5) is 0 Å². The van der Waals surface area contributed by atoms with Gasteiger partial charge in [-0.3, -0.25) is 15.0 Å². The molecule has 1 aliphatic rings. The van der Waals surface area contributed by atoms with Crippen LogP contribution in [0.15, 0.2) is 48.5 Å². The van der Waals surface area contributed by atoms with Crippen LogP contribution in [0.1, 0.15) is 11.1 Å². The number of hydroxylamine groups is 2. The highest BCUT2D eigenvalue weighted by molar-refractivity contribution is 6.40. The van der Waals surface area contributed by atoms with E-state index in [4.69, 9.17) is 38.2 Å². The van der Waals surface area contributed by atoms with Gasteiger partial charge in [-0.2, -0.15) is 5.06 Å². The minimum atomic E-state index is -0.382. The number of ether oxygens (including phenoxy) is 1. The minimum Gasteiger partial charge on any atom is -0.371 e. The molecule has 2 aromatic carbocycles. The molecule has 3 rings (SSSR count). The van der Waals surface area contributed by atoms with Crippen LogP contribution < -0.4 is 0 Å². The lowest BCUT2D eigenvalue weighted by atomic mass is 10.1. The number of rotatable bonds is 6. The molecule has 1 aliphatic heterocycles. The summed E-state index contributed by atoms with van der Waals surface area (Å²) in [5.41, 5.74) is 1.07. The Morgan fingerprint density at radius 3 is 2.40 bits per heavy atom. The monoisotopic (exact) mass is 378 g/mol. The molecule has 1 amide bonds. The van der Waals surface area contributed by atoms with E-state index in [0.717, 1.165) is 10.6 Å². The summed E-state index contributed by atoms with van der Waals surface area (Å²) < 4.78 is 5.10. The summed E-state index contributed by atoms with van der Waals surface area (Å²) in [6.45, 7) is 0.770. The number of halogens is 2. The van der Waals surface area contributed by atoms with Crippen molar-refractivity contribution in [3.63, 3.8) is 0 Å². The fraction of sp³-hybridized carbons (Fsp3) is 0.222. The topological polar surface area (TPSA) is 65.9 Å². The molecule has 1 heterocycles. The molecule has 5 nitrogen and oxygen atoms in total. The maximum Gasteiger partial charge on any atom is 0.256 e. The van der Waals surface area contributed by atoms with Crippen molar-refractivity contribution >= 4 is 34.9 Å². The summed E-state index contributed by atoms with van der Waals surface area (Å²) in [5, 5.41) is 9.90. The first-order chi connectivity index (χ1) is 12.1. The standard InChI is InChI=1S/C18H16Cl2N2O3/c19-14-7-4-8-15(20)17(14)18(21)22(25-11-13-10-24-13)16(23)9-12-5-2-1-3-6-12/h1-8,13,21H,9-11H2. The van der Waals surface area contributed by atoms with Gasteiger partial charge in [0.2, 0.25) is 0 Å². The molecule has 0 spiro atoms. The molecule has 1 N–H and O–H groups in total. The molecule has 7 heteroatoms. The van der Waals surface area contributed by atoms with Crippen LogP contribution in [0.2, 0.25) is 10.0 Å². The zero-order chi connectivity index (χ0) is 17.8. The van der Waals surface area contributed by atoms with Crippen molar-refractivity contribution in [3.05, 3.63) is 69.7 Å². The third kappa shape index (κ3) is 4.58. The molecule has 0 saturated carbocycles. The van der Waals surface area contributed by atoms with E-state index in [1.807, 2.05) is 30.3 Å². The predicted molar refractivity (Wildman–Crippen MR) is 96.0 cm³/mol. The van der Waals surface area contributed by atoms with Crippen LogP contribution >= 0.6 is 23.2 Å². The van der Waals surface area contributed by atoms with E-state index in [-0.39, 0.29) is 46.5 Å². The number of hydrogen-bond donors (Lipinski definition) is 1. The van der Waals surface area contributed by atoms with E-state index in [1.165, 1.54) is 0 Å². The van der Waals surface area contributed by atoms with Crippen LogP contribution in [0, 0.1) is 5.41 Å². The number of epoxide rings is 1. The van der Waals surface area contributed by atoms with Gasteiger partial charge in [0.05, 0.1) is 28.6 Å². The highest BCUT2D eigenvalue weighted by atomic mass is 35.5. The lowest BCUT2D eigenvalue weighted by Gasteiger charge is -2.23. The molecule has 130 valence electrons. The Kier molecular flexibility index (Phi) is 5.71. The quantitative estimate of drug-likeness (QED) is 0.360. The van der Waals surface area contributed by atoms with Gasteiger partial charge in [-0.25, -0.2) is 0 Å². The number of carbonyl (C=O) groups excluding carboxylic acids is 1. The first kappa shape index (κ1) is 17.9. The molecular weight excluding hydrogens is 363 g/mol. The average molecular weight is 379 g/mol. The molecule has 1 unspecified atom stereocenters. The third-order valence-corrected chi connectivity index (χ3v) is 4.25. The highest BCUT2D eigenvalue weighted by Crippen LogP contribution is 2.26. The Morgan fingerprint density at radius 1 is 1.16 bits per heavy atom. The summed E-state index contributed by atoms with van der Waals surface area (Å²) in [7, 11) is 0.